The first-order valence-corrected chi connectivity index (χ1v) is 6.44. The number of hydrogen-bond acceptors (Lipinski definition) is 4. The van der Waals surface area contributed by atoms with Crippen molar-refractivity contribution in [3.05, 3.63) is 30.6 Å². The molecule has 0 fully saturated rings. The minimum absolute atomic E-state index is 0.616. The lowest BCUT2D eigenvalue weighted by molar-refractivity contribution is -0.658. The molecule has 1 heterocycles. The van der Waals surface area contributed by atoms with E-state index in [-0.39, 0.29) is 0 Å². The second kappa shape index (κ2) is 6.63. The molecule has 0 aliphatic rings. The number of H-pyrrole nitrogens is 1. The van der Waals surface area contributed by atoms with Gasteiger partial charge in [0.2, 0.25) is 6.33 Å². The number of unbranched alkanes of at least 4 members (excludes halogenated alkanes) is 1. The Labute approximate surface area is 112 Å². The molecule has 0 unspecified atom stereocenters. The molecule has 0 radical (unpaired) electrons. The highest BCUT2D eigenvalue weighted by atomic mass is 15.3. The van der Waals surface area contributed by atoms with Gasteiger partial charge in [0.05, 0.1) is 12.7 Å². The fourth-order valence-corrected chi connectivity index (χ4v) is 1.56. The van der Waals surface area contributed by atoms with E-state index in [0.29, 0.717) is 5.95 Å². The van der Waals surface area contributed by atoms with Crippen molar-refractivity contribution in [3.63, 3.8) is 0 Å². The number of aromatic amines is 1. The van der Waals surface area contributed by atoms with Crippen LogP contribution in [0.15, 0.2) is 40.8 Å². The topological polar surface area (TPSA) is 69.3 Å². The summed E-state index contributed by atoms with van der Waals surface area (Å²) in [5.74, 6) is 0.616. The Morgan fingerprint density at radius 3 is 2.68 bits per heavy atom. The summed E-state index contributed by atoms with van der Waals surface area (Å²) in [4.78, 5) is 0. The molecule has 0 amide bonds. The molecule has 6 heteroatoms. The van der Waals surface area contributed by atoms with E-state index in [0.717, 1.165) is 17.9 Å². The highest BCUT2D eigenvalue weighted by Gasteiger charge is 2.04. The predicted molar refractivity (Wildman–Crippen MR) is 73.8 cm³/mol. The Kier molecular flexibility index (Phi) is 4.60. The van der Waals surface area contributed by atoms with Crippen molar-refractivity contribution in [1.29, 1.82) is 0 Å². The number of rotatable bonds is 6. The van der Waals surface area contributed by atoms with Crippen molar-refractivity contribution in [3.8, 4) is 0 Å². The number of aryl methyl sites for hydroxylation is 1. The summed E-state index contributed by atoms with van der Waals surface area (Å²) in [5.41, 5.74) is 1.93. The molecule has 2 aromatic rings. The molecule has 0 aliphatic heterocycles. The molecule has 0 aliphatic carbocycles. The molecular formula is C13H19N6+. The van der Waals surface area contributed by atoms with Crippen molar-refractivity contribution in [1.82, 2.24) is 10.2 Å². The number of anilines is 1. The second-order valence-electron chi connectivity index (χ2n) is 4.32. The van der Waals surface area contributed by atoms with Crippen molar-refractivity contribution in [2.45, 2.75) is 19.8 Å². The Morgan fingerprint density at radius 2 is 2.05 bits per heavy atom. The van der Waals surface area contributed by atoms with Gasteiger partial charge in [-0.1, -0.05) is 18.5 Å². The van der Waals surface area contributed by atoms with E-state index in [4.69, 9.17) is 0 Å². The van der Waals surface area contributed by atoms with E-state index >= 15 is 0 Å². The third kappa shape index (κ3) is 3.87. The normalized spacial score (nSPS) is 11.1. The van der Waals surface area contributed by atoms with E-state index in [2.05, 4.69) is 32.7 Å². The van der Waals surface area contributed by atoms with Crippen molar-refractivity contribution in [2.75, 3.05) is 11.9 Å². The van der Waals surface area contributed by atoms with Gasteiger partial charge in [0.1, 0.15) is 0 Å². The maximum absolute atomic E-state index is 4.15. The Hall–Kier alpha value is -2.24. The van der Waals surface area contributed by atoms with Gasteiger partial charge < -0.3 is 5.32 Å². The Balaban J connectivity index is 1.95. The lowest BCUT2D eigenvalue weighted by Crippen LogP contribution is -2.24. The maximum Gasteiger partial charge on any atom is 0.401 e. The summed E-state index contributed by atoms with van der Waals surface area (Å²) < 4.78 is 1.77. The second-order valence-corrected chi connectivity index (χ2v) is 4.32. The number of aromatic nitrogens is 3. The van der Waals surface area contributed by atoms with Crippen LogP contribution in [0.4, 0.5) is 17.3 Å². The predicted octanol–water partition coefficient (Wildman–Crippen LogP) is 2.86. The first-order chi connectivity index (χ1) is 9.29. The Morgan fingerprint density at radius 1 is 1.26 bits per heavy atom. The third-order valence-corrected chi connectivity index (χ3v) is 2.72. The van der Waals surface area contributed by atoms with Crippen LogP contribution in [0.2, 0.25) is 0 Å². The molecule has 0 bridgehead atoms. The standard InChI is InChI=1S/C13H18N6/c1-3-4-9-14-11-5-7-12(8-6-11)16-18-13-17-15-10-19(13)2/h5-8,10H,3-4,9H2,1-2H3,(H,14,17,18)/p+1. The van der Waals surface area contributed by atoms with Gasteiger partial charge in [-0.05, 0) is 35.8 Å². The number of nitrogens with one attached hydrogen (secondary N) is 2. The maximum atomic E-state index is 4.15. The van der Waals surface area contributed by atoms with Crippen LogP contribution in [-0.4, -0.2) is 16.7 Å². The summed E-state index contributed by atoms with van der Waals surface area (Å²) >= 11 is 0. The van der Waals surface area contributed by atoms with Gasteiger partial charge in [-0.2, -0.15) is 0 Å². The van der Waals surface area contributed by atoms with Crippen LogP contribution in [0.1, 0.15) is 19.8 Å². The SMILES string of the molecule is CCCCNc1ccc(N=Nc2[nH]nc[n+]2C)cc1. The lowest BCUT2D eigenvalue weighted by Gasteiger charge is -2.04. The number of azo groups is 1. The fraction of sp³-hybridized carbons (Fsp3) is 0.385. The monoisotopic (exact) mass is 259 g/mol. The van der Waals surface area contributed by atoms with Crippen LogP contribution in [-0.2, 0) is 7.05 Å². The van der Waals surface area contributed by atoms with Crippen LogP contribution < -0.4 is 9.88 Å². The Bertz CT molecular complexity index is 528. The molecular weight excluding hydrogens is 240 g/mol. The average Bonchev–Trinajstić information content (AvgIpc) is 2.84. The molecule has 100 valence electrons. The van der Waals surface area contributed by atoms with Crippen LogP contribution in [0.5, 0.6) is 0 Å². The first kappa shape index (κ1) is 13.2. The molecule has 6 nitrogen and oxygen atoms in total. The quantitative estimate of drug-likeness (QED) is 0.476. The van der Waals surface area contributed by atoms with E-state index in [1.165, 1.54) is 12.8 Å². The number of nitrogens with zero attached hydrogens (tertiary/aromatic N) is 4. The molecule has 19 heavy (non-hydrogen) atoms. The zero-order chi connectivity index (χ0) is 13.5. The van der Waals surface area contributed by atoms with E-state index < -0.39 is 0 Å². The minimum atomic E-state index is 0.616. The van der Waals surface area contributed by atoms with Gasteiger partial charge >= 0.3 is 5.95 Å². The van der Waals surface area contributed by atoms with Gasteiger partial charge in [0.15, 0.2) is 0 Å². The highest BCUT2D eigenvalue weighted by Crippen LogP contribution is 2.17. The lowest BCUT2D eigenvalue weighted by atomic mass is 10.2. The van der Waals surface area contributed by atoms with Gasteiger partial charge in [-0.25, -0.2) is 4.57 Å². The van der Waals surface area contributed by atoms with Gasteiger partial charge in [-0.15, -0.1) is 5.10 Å². The summed E-state index contributed by atoms with van der Waals surface area (Å²) in [6.45, 7) is 3.18. The van der Waals surface area contributed by atoms with Gasteiger partial charge in [0.25, 0.3) is 0 Å². The summed E-state index contributed by atoms with van der Waals surface area (Å²) in [6.07, 6.45) is 4.02. The van der Waals surface area contributed by atoms with E-state index in [1.54, 1.807) is 10.9 Å². The van der Waals surface area contributed by atoms with E-state index in [1.807, 2.05) is 31.3 Å². The largest absolute Gasteiger partial charge is 0.401 e. The minimum Gasteiger partial charge on any atom is -0.385 e. The molecule has 1 aromatic heterocycles. The number of benzene rings is 1. The molecule has 0 atom stereocenters. The molecule has 1 aromatic carbocycles. The molecule has 0 spiro atoms. The van der Waals surface area contributed by atoms with Crippen LogP contribution in [0.25, 0.3) is 0 Å². The van der Waals surface area contributed by atoms with Gasteiger partial charge in [-0.3, -0.25) is 0 Å². The van der Waals surface area contributed by atoms with Crippen molar-refractivity contribution >= 4 is 17.3 Å². The summed E-state index contributed by atoms with van der Waals surface area (Å²) in [6, 6.07) is 7.90. The van der Waals surface area contributed by atoms with Crippen LogP contribution in [0.3, 0.4) is 0 Å². The molecule has 0 saturated heterocycles. The van der Waals surface area contributed by atoms with Gasteiger partial charge in [0, 0.05) is 17.3 Å². The summed E-state index contributed by atoms with van der Waals surface area (Å²) in [7, 11) is 1.86. The summed E-state index contributed by atoms with van der Waals surface area (Å²) in [5, 5.41) is 18.2. The van der Waals surface area contributed by atoms with Crippen LogP contribution in [0, 0.1) is 0 Å². The first-order valence-electron chi connectivity index (χ1n) is 6.44. The third-order valence-electron chi connectivity index (χ3n) is 2.72. The fourth-order valence-electron chi connectivity index (χ4n) is 1.56. The number of hydrogen-bond donors (Lipinski definition) is 2. The zero-order valence-electron chi connectivity index (χ0n) is 11.3. The highest BCUT2D eigenvalue weighted by molar-refractivity contribution is 5.50. The van der Waals surface area contributed by atoms with Crippen molar-refractivity contribution in [2.24, 2.45) is 17.3 Å². The molecule has 2 rings (SSSR count). The molecule has 2 N–H and O–H groups in total. The smallest absolute Gasteiger partial charge is 0.385 e. The van der Waals surface area contributed by atoms with Crippen molar-refractivity contribution < 1.29 is 4.57 Å². The van der Waals surface area contributed by atoms with Crippen LogP contribution >= 0.6 is 0 Å². The zero-order valence-corrected chi connectivity index (χ0v) is 11.3. The molecule has 0 saturated carbocycles. The van der Waals surface area contributed by atoms with E-state index in [9.17, 15) is 0 Å². The average molecular weight is 259 g/mol.